The molecule has 0 aliphatic carbocycles. The monoisotopic (exact) mass is 242 g/mol. The van der Waals surface area contributed by atoms with Gasteiger partial charge < -0.3 is 10.5 Å². The van der Waals surface area contributed by atoms with Gasteiger partial charge in [-0.1, -0.05) is 27.2 Å². The zero-order chi connectivity index (χ0) is 9.68. The highest BCUT2D eigenvalue weighted by atomic mass is 79.9. The molecule has 1 aromatic carbocycles. The first-order chi connectivity index (χ1) is 6.22. The van der Waals surface area contributed by atoms with Crippen molar-refractivity contribution in [3.8, 4) is 0 Å². The molecule has 0 unspecified atom stereocenters. The molecule has 0 aliphatic rings. The summed E-state index contributed by atoms with van der Waals surface area (Å²) in [5.41, 5.74) is 0.638. The van der Waals surface area contributed by atoms with Crippen molar-refractivity contribution in [2.75, 3.05) is 5.32 Å². The second kappa shape index (κ2) is 4.61. The number of rotatable bonds is 2. The normalized spacial score (nSPS) is 10.2. The molecule has 0 bridgehead atoms. The molecule has 0 aliphatic heterocycles. The maximum atomic E-state index is 10.9. The Bertz CT molecular complexity index is 339. The number of nitrogens with zero attached hydrogens (tertiary/aromatic N) is 1. The minimum absolute atomic E-state index is 0.472. The third-order valence-corrected chi connectivity index (χ3v) is 1.76. The SMILES string of the molecule is O=C(C=NO)Nc1cccc(Br)c1. The summed E-state index contributed by atoms with van der Waals surface area (Å²) >= 11 is 3.26. The smallest absolute Gasteiger partial charge is 0.270 e. The van der Waals surface area contributed by atoms with Gasteiger partial charge in [0.05, 0.1) is 0 Å². The maximum absolute atomic E-state index is 10.9. The molecule has 5 heteroatoms. The van der Waals surface area contributed by atoms with E-state index in [1.165, 1.54) is 0 Å². The highest BCUT2D eigenvalue weighted by Gasteiger charge is 1.97. The molecule has 0 saturated carbocycles. The van der Waals surface area contributed by atoms with Crippen LogP contribution in [0.5, 0.6) is 0 Å². The number of benzene rings is 1. The molecule has 68 valence electrons. The number of carbonyl (C=O) groups is 1. The Hall–Kier alpha value is -1.36. The van der Waals surface area contributed by atoms with E-state index in [1.54, 1.807) is 18.2 Å². The van der Waals surface area contributed by atoms with Crippen LogP contribution in [0.25, 0.3) is 0 Å². The predicted octanol–water partition coefficient (Wildman–Crippen LogP) is 1.85. The van der Waals surface area contributed by atoms with Gasteiger partial charge in [0.1, 0.15) is 6.21 Å². The van der Waals surface area contributed by atoms with Gasteiger partial charge in [-0.25, -0.2) is 0 Å². The average molecular weight is 243 g/mol. The summed E-state index contributed by atoms with van der Waals surface area (Å²) in [4.78, 5) is 10.9. The molecule has 2 N–H and O–H groups in total. The van der Waals surface area contributed by atoms with Crippen molar-refractivity contribution in [2.45, 2.75) is 0 Å². The third kappa shape index (κ3) is 3.25. The van der Waals surface area contributed by atoms with Crippen LogP contribution >= 0.6 is 15.9 Å². The van der Waals surface area contributed by atoms with Crippen LogP contribution in [0, 0.1) is 0 Å². The first kappa shape index (κ1) is 9.73. The fraction of sp³-hybridized carbons (Fsp3) is 0. The predicted molar refractivity (Wildman–Crippen MR) is 53.1 cm³/mol. The van der Waals surface area contributed by atoms with Gasteiger partial charge in [-0.2, -0.15) is 0 Å². The Balaban J connectivity index is 2.69. The Labute approximate surface area is 83.4 Å². The van der Waals surface area contributed by atoms with Crippen LogP contribution in [-0.2, 0) is 4.79 Å². The van der Waals surface area contributed by atoms with Crippen LogP contribution in [0.4, 0.5) is 5.69 Å². The Morgan fingerprint density at radius 3 is 3.00 bits per heavy atom. The summed E-state index contributed by atoms with van der Waals surface area (Å²) in [6, 6.07) is 7.10. The fourth-order valence-corrected chi connectivity index (χ4v) is 1.19. The zero-order valence-electron chi connectivity index (χ0n) is 6.57. The van der Waals surface area contributed by atoms with Crippen molar-refractivity contribution >= 4 is 33.7 Å². The maximum Gasteiger partial charge on any atom is 0.270 e. The second-order valence-electron chi connectivity index (χ2n) is 2.24. The first-order valence-corrected chi connectivity index (χ1v) is 4.25. The quantitative estimate of drug-likeness (QED) is 0.473. The number of anilines is 1. The minimum atomic E-state index is -0.472. The Morgan fingerprint density at radius 1 is 1.62 bits per heavy atom. The molecule has 0 atom stereocenters. The van der Waals surface area contributed by atoms with Crippen molar-refractivity contribution in [3.63, 3.8) is 0 Å². The molecule has 4 nitrogen and oxygen atoms in total. The highest BCUT2D eigenvalue weighted by molar-refractivity contribution is 9.10. The van der Waals surface area contributed by atoms with Crippen LogP contribution in [0.15, 0.2) is 33.9 Å². The lowest BCUT2D eigenvalue weighted by molar-refractivity contribution is -0.110. The number of hydrogen-bond acceptors (Lipinski definition) is 3. The van der Waals surface area contributed by atoms with E-state index < -0.39 is 5.91 Å². The lowest BCUT2D eigenvalue weighted by Crippen LogP contribution is -2.12. The van der Waals surface area contributed by atoms with E-state index in [0.29, 0.717) is 5.69 Å². The topological polar surface area (TPSA) is 61.7 Å². The molecule has 1 amide bonds. The molecule has 0 fully saturated rings. The van der Waals surface area contributed by atoms with Crippen molar-refractivity contribution < 1.29 is 10.0 Å². The number of carbonyl (C=O) groups excluding carboxylic acids is 1. The van der Waals surface area contributed by atoms with Gasteiger partial charge in [-0.05, 0) is 18.2 Å². The Kier molecular flexibility index (Phi) is 3.45. The molecular formula is C8H7BrN2O2. The van der Waals surface area contributed by atoms with Crippen molar-refractivity contribution in [1.82, 2.24) is 0 Å². The van der Waals surface area contributed by atoms with E-state index in [4.69, 9.17) is 5.21 Å². The second-order valence-corrected chi connectivity index (χ2v) is 3.16. The summed E-state index contributed by atoms with van der Waals surface area (Å²) in [6.07, 6.45) is 0.793. The number of hydrogen-bond donors (Lipinski definition) is 2. The molecule has 0 aromatic heterocycles. The summed E-state index contributed by atoms with van der Waals surface area (Å²) in [5.74, 6) is -0.472. The van der Waals surface area contributed by atoms with E-state index in [0.717, 1.165) is 10.7 Å². The van der Waals surface area contributed by atoms with E-state index in [9.17, 15) is 4.79 Å². The average Bonchev–Trinajstić information content (AvgIpc) is 2.04. The minimum Gasteiger partial charge on any atom is -0.411 e. The number of amides is 1. The van der Waals surface area contributed by atoms with Crippen LogP contribution in [0.3, 0.4) is 0 Å². The standard InChI is InChI=1S/C8H7BrN2O2/c9-6-2-1-3-7(4-6)11-8(12)5-10-13/h1-5,13H,(H,11,12). The van der Waals surface area contributed by atoms with Crippen LogP contribution < -0.4 is 5.32 Å². The summed E-state index contributed by atoms with van der Waals surface area (Å²) in [6.45, 7) is 0. The van der Waals surface area contributed by atoms with Gasteiger partial charge >= 0.3 is 0 Å². The van der Waals surface area contributed by atoms with Gasteiger partial charge in [0, 0.05) is 10.2 Å². The lowest BCUT2D eigenvalue weighted by Gasteiger charge is -2.00. The van der Waals surface area contributed by atoms with Gasteiger partial charge in [-0.15, -0.1) is 0 Å². The molecular weight excluding hydrogens is 236 g/mol. The number of oxime groups is 1. The zero-order valence-corrected chi connectivity index (χ0v) is 8.15. The summed E-state index contributed by atoms with van der Waals surface area (Å²) < 4.78 is 0.867. The number of halogens is 1. The fourth-order valence-electron chi connectivity index (χ4n) is 0.793. The van der Waals surface area contributed by atoms with Crippen LogP contribution in [-0.4, -0.2) is 17.3 Å². The van der Waals surface area contributed by atoms with E-state index >= 15 is 0 Å². The van der Waals surface area contributed by atoms with Gasteiger partial charge in [-0.3, -0.25) is 4.79 Å². The number of nitrogens with one attached hydrogen (secondary N) is 1. The first-order valence-electron chi connectivity index (χ1n) is 3.46. The van der Waals surface area contributed by atoms with Gasteiger partial charge in [0.15, 0.2) is 0 Å². The lowest BCUT2D eigenvalue weighted by atomic mass is 10.3. The molecule has 1 aromatic rings. The molecule has 0 saturated heterocycles. The highest BCUT2D eigenvalue weighted by Crippen LogP contribution is 2.15. The molecule has 0 spiro atoms. The molecule has 0 radical (unpaired) electrons. The van der Waals surface area contributed by atoms with E-state index in [2.05, 4.69) is 26.4 Å². The summed E-state index contributed by atoms with van der Waals surface area (Å²) in [7, 11) is 0. The molecule has 13 heavy (non-hydrogen) atoms. The van der Waals surface area contributed by atoms with E-state index in [1.807, 2.05) is 6.07 Å². The van der Waals surface area contributed by atoms with Crippen molar-refractivity contribution in [2.24, 2.45) is 5.16 Å². The largest absolute Gasteiger partial charge is 0.411 e. The summed E-state index contributed by atoms with van der Waals surface area (Å²) in [5, 5.41) is 13.2. The van der Waals surface area contributed by atoms with Crippen LogP contribution in [0.2, 0.25) is 0 Å². The Morgan fingerprint density at radius 2 is 2.38 bits per heavy atom. The molecule has 1 rings (SSSR count). The van der Waals surface area contributed by atoms with Gasteiger partial charge in [0.2, 0.25) is 0 Å². The molecule has 0 heterocycles. The van der Waals surface area contributed by atoms with E-state index in [-0.39, 0.29) is 0 Å². The van der Waals surface area contributed by atoms with Crippen molar-refractivity contribution in [1.29, 1.82) is 0 Å². The van der Waals surface area contributed by atoms with Gasteiger partial charge in [0.25, 0.3) is 5.91 Å². The third-order valence-electron chi connectivity index (χ3n) is 1.27. The van der Waals surface area contributed by atoms with Crippen molar-refractivity contribution in [3.05, 3.63) is 28.7 Å². The van der Waals surface area contributed by atoms with Crippen LogP contribution in [0.1, 0.15) is 0 Å².